The van der Waals surface area contributed by atoms with Crippen LogP contribution < -0.4 is 0 Å². The van der Waals surface area contributed by atoms with E-state index in [0.717, 1.165) is 45.9 Å². The summed E-state index contributed by atoms with van der Waals surface area (Å²) in [7, 11) is 0. The summed E-state index contributed by atoms with van der Waals surface area (Å²) in [6.45, 7) is 1.69. The standard InChI is InChI=1S/C31H27F6N/c32-28(33)15-16-38-18-21(19-38)17-20-11-13-23(14-12-20)29-24-7-2-1-5-22(24)6-3-8-25(29)26-9-4-10-27(30(26)34)31(35,36)37/h1-2,4-5,7,9-14,17,28H,3,6,8,15-16,18-19H2. The van der Waals surface area contributed by atoms with Gasteiger partial charge < -0.3 is 0 Å². The second-order valence-electron chi connectivity index (χ2n) is 9.84. The van der Waals surface area contributed by atoms with Crippen LogP contribution >= 0.6 is 0 Å². The summed E-state index contributed by atoms with van der Waals surface area (Å²) in [5.41, 5.74) is 4.92. The molecule has 198 valence electrons. The number of hydrogen-bond donors (Lipinski definition) is 0. The first-order valence-electron chi connectivity index (χ1n) is 12.7. The van der Waals surface area contributed by atoms with Crippen LogP contribution in [0.1, 0.15) is 52.6 Å². The van der Waals surface area contributed by atoms with Gasteiger partial charge in [0.05, 0.1) is 5.56 Å². The van der Waals surface area contributed by atoms with Gasteiger partial charge in [0, 0.05) is 31.6 Å². The molecule has 5 rings (SSSR count). The highest BCUT2D eigenvalue weighted by molar-refractivity contribution is 6.00. The SMILES string of the molecule is Fc1c(C2=C(c3ccc(C=C4CN(CCC(F)F)C4)cc3)c3ccccc3CCC2)cccc1C(F)(F)F. The van der Waals surface area contributed by atoms with Crippen LogP contribution in [0, 0.1) is 5.82 Å². The van der Waals surface area contributed by atoms with E-state index < -0.39 is 24.0 Å². The van der Waals surface area contributed by atoms with E-state index in [-0.39, 0.29) is 12.0 Å². The van der Waals surface area contributed by atoms with Crippen molar-refractivity contribution in [3.63, 3.8) is 0 Å². The normalized spacial score (nSPS) is 16.3. The van der Waals surface area contributed by atoms with Crippen molar-refractivity contribution in [2.45, 2.75) is 38.3 Å². The van der Waals surface area contributed by atoms with E-state index in [2.05, 4.69) is 0 Å². The number of halogens is 6. The molecule has 1 aliphatic carbocycles. The van der Waals surface area contributed by atoms with Gasteiger partial charge >= 0.3 is 6.18 Å². The van der Waals surface area contributed by atoms with Crippen LogP contribution in [0.2, 0.25) is 0 Å². The van der Waals surface area contributed by atoms with Crippen molar-refractivity contribution in [1.29, 1.82) is 0 Å². The third kappa shape index (κ3) is 5.58. The molecule has 0 unspecified atom stereocenters. The molecule has 3 aromatic carbocycles. The topological polar surface area (TPSA) is 3.24 Å². The number of hydrogen-bond acceptors (Lipinski definition) is 1. The lowest BCUT2D eigenvalue weighted by Crippen LogP contribution is -2.40. The molecule has 7 heteroatoms. The fourth-order valence-electron chi connectivity index (χ4n) is 5.35. The van der Waals surface area contributed by atoms with Gasteiger partial charge in [-0.3, -0.25) is 4.90 Å². The van der Waals surface area contributed by atoms with Gasteiger partial charge in [0.1, 0.15) is 5.82 Å². The van der Waals surface area contributed by atoms with E-state index in [1.165, 1.54) is 12.1 Å². The van der Waals surface area contributed by atoms with E-state index in [0.29, 0.717) is 38.0 Å². The first-order chi connectivity index (χ1) is 18.2. The number of likely N-dealkylation sites (tertiary alicyclic amines) is 1. The highest BCUT2D eigenvalue weighted by atomic mass is 19.4. The number of rotatable bonds is 6. The molecule has 0 radical (unpaired) electrons. The van der Waals surface area contributed by atoms with Gasteiger partial charge in [-0.1, -0.05) is 66.7 Å². The number of allylic oxidation sites excluding steroid dienone is 1. The largest absolute Gasteiger partial charge is 0.419 e. The number of alkyl halides is 5. The fourth-order valence-corrected chi connectivity index (χ4v) is 5.35. The quantitative estimate of drug-likeness (QED) is 0.291. The predicted octanol–water partition coefficient (Wildman–Crippen LogP) is 8.49. The van der Waals surface area contributed by atoms with Gasteiger partial charge in [0.15, 0.2) is 0 Å². The Bertz CT molecular complexity index is 1360. The van der Waals surface area contributed by atoms with Gasteiger partial charge in [0.2, 0.25) is 6.43 Å². The molecule has 1 aliphatic heterocycles. The lowest BCUT2D eigenvalue weighted by molar-refractivity contribution is -0.140. The third-order valence-electron chi connectivity index (χ3n) is 7.18. The molecule has 1 heterocycles. The molecule has 1 saturated heterocycles. The van der Waals surface area contributed by atoms with Crippen molar-refractivity contribution in [2.75, 3.05) is 19.6 Å². The summed E-state index contributed by atoms with van der Waals surface area (Å²) in [6.07, 6.45) is -3.29. The Hall–Kier alpha value is -3.32. The van der Waals surface area contributed by atoms with Crippen LogP contribution in [0.25, 0.3) is 17.2 Å². The average Bonchev–Trinajstić information content (AvgIpc) is 3.04. The summed E-state index contributed by atoms with van der Waals surface area (Å²) >= 11 is 0. The van der Waals surface area contributed by atoms with E-state index in [1.807, 2.05) is 59.5 Å². The van der Waals surface area contributed by atoms with Gasteiger partial charge in [-0.25, -0.2) is 13.2 Å². The number of nitrogens with zero attached hydrogens (tertiary/aromatic N) is 1. The first-order valence-corrected chi connectivity index (χ1v) is 12.7. The van der Waals surface area contributed by atoms with E-state index >= 15 is 4.39 Å². The molecule has 0 amide bonds. The maximum Gasteiger partial charge on any atom is 0.419 e. The average molecular weight is 528 g/mol. The third-order valence-corrected chi connectivity index (χ3v) is 7.18. The summed E-state index contributed by atoms with van der Waals surface area (Å²) in [4.78, 5) is 1.97. The second kappa shape index (κ2) is 10.8. The predicted molar refractivity (Wildman–Crippen MR) is 138 cm³/mol. The summed E-state index contributed by atoms with van der Waals surface area (Å²) in [5.74, 6) is -1.24. The minimum absolute atomic E-state index is 0.0175. The molecular weight excluding hydrogens is 500 g/mol. The van der Waals surface area contributed by atoms with E-state index in [9.17, 15) is 22.0 Å². The molecule has 3 aromatic rings. The molecule has 0 N–H and O–H groups in total. The van der Waals surface area contributed by atoms with Gasteiger partial charge in [-0.2, -0.15) is 13.2 Å². The van der Waals surface area contributed by atoms with E-state index in [4.69, 9.17) is 0 Å². The van der Waals surface area contributed by atoms with Crippen molar-refractivity contribution in [3.05, 3.63) is 112 Å². The lowest BCUT2D eigenvalue weighted by atomic mass is 9.86. The number of aryl methyl sites for hydroxylation is 1. The summed E-state index contributed by atoms with van der Waals surface area (Å²) in [5, 5.41) is 0. The molecule has 2 aliphatic rings. The second-order valence-corrected chi connectivity index (χ2v) is 9.84. The molecule has 0 saturated carbocycles. The zero-order valence-electron chi connectivity index (χ0n) is 20.7. The Morgan fingerprint density at radius 2 is 1.55 bits per heavy atom. The van der Waals surface area contributed by atoms with Crippen LogP contribution in [-0.2, 0) is 12.6 Å². The monoisotopic (exact) mass is 527 g/mol. The van der Waals surface area contributed by atoms with Crippen LogP contribution in [0.5, 0.6) is 0 Å². The maximum atomic E-state index is 15.3. The highest BCUT2D eigenvalue weighted by Gasteiger charge is 2.35. The summed E-state index contributed by atoms with van der Waals surface area (Å²) in [6, 6.07) is 19.0. The zero-order valence-corrected chi connectivity index (χ0v) is 20.7. The van der Waals surface area contributed by atoms with Crippen molar-refractivity contribution in [2.24, 2.45) is 0 Å². The zero-order chi connectivity index (χ0) is 26.9. The molecule has 0 aromatic heterocycles. The molecule has 38 heavy (non-hydrogen) atoms. The Balaban J connectivity index is 1.52. The van der Waals surface area contributed by atoms with Crippen molar-refractivity contribution < 1.29 is 26.3 Å². The highest BCUT2D eigenvalue weighted by Crippen LogP contribution is 2.42. The van der Waals surface area contributed by atoms with Crippen molar-refractivity contribution in [1.82, 2.24) is 4.90 Å². The Morgan fingerprint density at radius 3 is 2.26 bits per heavy atom. The fraction of sp³-hybridized carbons (Fsp3) is 0.290. The van der Waals surface area contributed by atoms with E-state index in [1.54, 1.807) is 0 Å². The molecule has 1 nitrogen and oxygen atoms in total. The Kier molecular flexibility index (Phi) is 7.48. The Morgan fingerprint density at radius 1 is 0.842 bits per heavy atom. The maximum absolute atomic E-state index is 15.3. The minimum Gasteiger partial charge on any atom is -0.295 e. The van der Waals surface area contributed by atoms with Gasteiger partial charge in [-0.05, 0) is 64.3 Å². The molecular formula is C31H27F6N. The van der Waals surface area contributed by atoms with Gasteiger partial charge in [-0.15, -0.1) is 0 Å². The Labute approximate surface area is 218 Å². The first kappa shape index (κ1) is 26.3. The minimum atomic E-state index is -4.78. The van der Waals surface area contributed by atoms with Crippen molar-refractivity contribution in [3.8, 4) is 0 Å². The van der Waals surface area contributed by atoms with Crippen LogP contribution in [0.4, 0.5) is 26.3 Å². The van der Waals surface area contributed by atoms with Crippen LogP contribution in [-0.4, -0.2) is 31.0 Å². The molecule has 0 bridgehead atoms. The van der Waals surface area contributed by atoms with Crippen LogP contribution in [0.3, 0.4) is 0 Å². The number of benzene rings is 3. The molecule has 0 atom stereocenters. The molecule has 0 spiro atoms. The lowest BCUT2D eigenvalue weighted by Gasteiger charge is -2.34. The van der Waals surface area contributed by atoms with Gasteiger partial charge in [0.25, 0.3) is 0 Å². The van der Waals surface area contributed by atoms with Crippen LogP contribution in [0.15, 0.2) is 72.3 Å². The molecule has 1 fully saturated rings. The number of fused-ring (bicyclic) bond motifs is 1. The van der Waals surface area contributed by atoms with Crippen molar-refractivity contribution >= 4 is 17.2 Å². The smallest absolute Gasteiger partial charge is 0.295 e. The summed E-state index contributed by atoms with van der Waals surface area (Å²) < 4.78 is 80.7.